The molecule has 4 nitrogen and oxygen atoms in total. The molecule has 0 atom stereocenters. The Morgan fingerprint density at radius 2 is 1.68 bits per heavy atom. The van der Waals surface area contributed by atoms with Gasteiger partial charge in [0.2, 0.25) is 0 Å². The Bertz CT molecular complexity index is 961. The van der Waals surface area contributed by atoms with Crippen molar-refractivity contribution in [1.29, 1.82) is 0 Å². The van der Waals surface area contributed by atoms with Gasteiger partial charge in [-0.3, -0.25) is 15.1 Å². The number of rotatable bonds is 2. The van der Waals surface area contributed by atoms with Crippen LogP contribution < -0.4 is 0 Å². The third-order valence-electron chi connectivity index (χ3n) is 3.48. The Balaban J connectivity index is 1.76. The number of benzene rings is 2. The molecule has 1 N–H and O–H groups in total. The van der Waals surface area contributed by atoms with E-state index in [0.29, 0.717) is 0 Å². The average molecular weight is 351 g/mol. The number of halogens is 1. The van der Waals surface area contributed by atoms with E-state index in [9.17, 15) is 0 Å². The first-order chi connectivity index (χ1) is 10.8. The van der Waals surface area contributed by atoms with Crippen LogP contribution >= 0.6 is 15.9 Å². The number of nitrogens with zero attached hydrogens (tertiary/aromatic N) is 3. The Kier molecular flexibility index (Phi) is 3.20. The molecule has 4 aromatic rings. The molecule has 0 aliphatic rings. The molecule has 0 bridgehead atoms. The Morgan fingerprint density at radius 1 is 0.818 bits per heavy atom. The molecule has 0 saturated carbocycles. The van der Waals surface area contributed by atoms with Crippen molar-refractivity contribution >= 4 is 27.0 Å². The van der Waals surface area contributed by atoms with Gasteiger partial charge in [0.1, 0.15) is 0 Å². The lowest BCUT2D eigenvalue weighted by molar-refractivity contribution is 1.10. The lowest BCUT2D eigenvalue weighted by Gasteiger charge is -1.99. The van der Waals surface area contributed by atoms with Gasteiger partial charge in [0.25, 0.3) is 0 Å². The number of fused-ring (bicyclic) bond motifs is 1. The number of aromatic nitrogens is 4. The zero-order valence-corrected chi connectivity index (χ0v) is 13.1. The normalized spacial score (nSPS) is 11.0. The van der Waals surface area contributed by atoms with Crippen molar-refractivity contribution in [2.24, 2.45) is 0 Å². The lowest BCUT2D eigenvalue weighted by atomic mass is 10.1. The largest absolute Gasteiger partial charge is 0.277 e. The molecule has 2 aromatic carbocycles. The fourth-order valence-corrected chi connectivity index (χ4v) is 2.80. The highest BCUT2D eigenvalue weighted by Crippen LogP contribution is 2.26. The van der Waals surface area contributed by atoms with Crippen LogP contribution in [0.25, 0.3) is 33.5 Å². The van der Waals surface area contributed by atoms with Crippen LogP contribution in [-0.2, 0) is 0 Å². The molecule has 0 spiro atoms. The zero-order valence-electron chi connectivity index (χ0n) is 11.5. The summed E-state index contributed by atoms with van der Waals surface area (Å²) < 4.78 is 1.04. The summed E-state index contributed by atoms with van der Waals surface area (Å²) in [4.78, 5) is 8.62. The number of H-pyrrole nitrogens is 1. The van der Waals surface area contributed by atoms with Crippen molar-refractivity contribution in [3.8, 4) is 22.5 Å². The highest BCUT2D eigenvalue weighted by Gasteiger charge is 2.07. The Morgan fingerprint density at radius 3 is 2.55 bits per heavy atom. The van der Waals surface area contributed by atoms with Crippen molar-refractivity contribution in [3.05, 3.63) is 65.4 Å². The van der Waals surface area contributed by atoms with Gasteiger partial charge >= 0.3 is 0 Å². The number of hydrogen-bond acceptors (Lipinski definition) is 3. The minimum atomic E-state index is 0.868. The summed E-state index contributed by atoms with van der Waals surface area (Å²) in [6.07, 6.45) is 3.39. The predicted octanol–water partition coefficient (Wildman–Crippen LogP) is 4.45. The van der Waals surface area contributed by atoms with E-state index >= 15 is 0 Å². The van der Waals surface area contributed by atoms with E-state index in [2.05, 4.69) is 42.2 Å². The average Bonchev–Trinajstić information content (AvgIpc) is 3.04. The summed E-state index contributed by atoms with van der Waals surface area (Å²) in [5, 5.41) is 7.50. The molecule has 106 valence electrons. The molecule has 22 heavy (non-hydrogen) atoms. The van der Waals surface area contributed by atoms with Crippen LogP contribution in [0.3, 0.4) is 0 Å². The molecule has 0 saturated heterocycles. The van der Waals surface area contributed by atoms with Crippen molar-refractivity contribution in [3.63, 3.8) is 0 Å². The maximum Gasteiger partial charge on any atom is 0.0928 e. The topological polar surface area (TPSA) is 54.5 Å². The zero-order chi connectivity index (χ0) is 14.9. The van der Waals surface area contributed by atoms with Crippen LogP contribution in [0.5, 0.6) is 0 Å². The molecule has 0 aliphatic heterocycles. The summed E-state index contributed by atoms with van der Waals surface area (Å²) in [5.74, 6) is 0. The van der Waals surface area contributed by atoms with E-state index in [0.717, 1.165) is 38.0 Å². The molecular formula is C17H11BrN4. The van der Waals surface area contributed by atoms with Crippen LogP contribution in [0, 0.1) is 0 Å². The highest BCUT2D eigenvalue weighted by molar-refractivity contribution is 9.10. The molecule has 0 fully saturated rings. The molecule has 4 rings (SSSR count). The molecule has 2 heterocycles. The molecule has 0 unspecified atom stereocenters. The van der Waals surface area contributed by atoms with Crippen LogP contribution in [-0.4, -0.2) is 20.2 Å². The predicted molar refractivity (Wildman–Crippen MR) is 90.3 cm³/mol. The lowest BCUT2D eigenvalue weighted by Crippen LogP contribution is -1.84. The van der Waals surface area contributed by atoms with Gasteiger partial charge in [0.15, 0.2) is 0 Å². The summed E-state index contributed by atoms with van der Waals surface area (Å²) in [7, 11) is 0. The van der Waals surface area contributed by atoms with E-state index in [1.54, 1.807) is 12.4 Å². The molecule has 0 aliphatic carbocycles. The fourth-order valence-electron chi connectivity index (χ4n) is 2.40. The van der Waals surface area contributed by atoms with Crippen LogP contribution in [0.1, 0.15) is 0 Å². The van der Waals surface area contributed by atoms with Crippen molar-refractivity contribution in [2.75, 3.05) is 0 Å². The van der Waals surface area contributed by atoms with Gasteiger partial charge in [0.05, 0.1) is 22.4 Å². The van der Waals surface area contributed by atoms with E-state index < -0.39 is 0 Å². The van der Waals surface area contributed by atoms with Crippen molar-refractivity contribution in [2.45, 2.75) is 0 Å². The smallest absolute Gasteiger partial charge is 0.0928 e. The van der Waals surface area contributed by atoms with Crippen molar-refractivity contribution < 1.29 is 0 Å². The number of nitrogens with one attached hydrogen (secondary N) is 1. The molecular weight excluding hydrogens is 340 g/mol. The van der Waals surface area contributed by atoms with E-state index in [1.807, 2.05) is 42.5 Å². The third kappa shape index (κ3) is 2.40. The van der Waals surface area contributed by atoms with E-state index in [1.165, 1.54) is 0 Å². The first-order valence-electron chi connectivity index (χ1n) is 6.82. The maximum absolute atomic E-state index is 4.41. The van der Waals surface area contributed by atoms with Gasteiger partial charge < -0.3 is 0 Å². The second kappa shape index (κ2) is 5.35. The second-order valence-corrected chi connectivity index (χ2v) is 5.85. The quantitative estimate of drug-likeness (QED) is 0.581. The highest BCUT2D eigenvalue weighted by atomic mass is 79.9. The first kappa shape index (κ1) is 13.2. The van der Waals surface area contributed by atoms with Gasteiger partial charge in [-0.05, 0) is 30.3 Å². The molecule has 0 radical (unpaired) electrons. The summed E-state index contributed by atoms with van der Waals surface area (Å²) in [6, 6.07) is 16.1. The van der Waals surface area contributed by atoms with Crippen LogP contribution in [0.15, 0.2) is 65.4 Å². The van der Waals surface area contributed by atoms with Gasteiger partial charge in [-0.15, -0.1) is 0 Å². The van der Waals surface area contributed by atoms with E-state index in [4.69, 9.17) is 0 Å². The standard InChI is InChI=1S/C17H11BrN4/c18-13-3-1-2-11(8-13)15-10-16(22-21-15)12-4-5-14-17(9-12)20-7-6-19-14/h1-10H,(H,21,22). The van der Waals surface area contributed by atoms with Gasteiger partial charge in [-0.25, -0.2) is 0 Å². The van der Waals surface area contributed by atoms with Crippen LogP contribution in [0.4, 0.5) is 0 Å². The first-order valence-corrected chi connectivity index (χ1v) is 7.61. The van der Waals surface area contributed by atoms with Gasteiger partial charge in [0, 0.05) is 28.0 Å². The maximum atomic E-state index is 4.41. The molecule has 2 aromatic heterocycles. The minimum absolute atomic E-state index is 0.868. The Hall–Kier alpha value is -2.53. The SMILES string of the molecule is Brc1cccc(-c2cc(-c3ccc4nccnc4c3)n[nH]2)c1. The number of hydrogen-bond donors (Lipinski definition) is 1. The monoisotopic (exact) mass is 350 g/mol. The van der Waals surface area contributed by atoms with E-state index in [-0.39, 0.29) is 0 Å². The third-order valence-corrected chi connectivity index (χ3v) is 3.97. The summed E-state index contributed by atoms with van der Waals surface area (Å²) in [6.45, 7) is 0. The molecule has 0 amide bonds. The minimum Gasteiger partial charge on any atom is -0.277 e. The summed E-state index contributed by atoms with van der Waals surface area (Å²) >= 11 is 3.49. The van der Waals surface area contributed by atoms with Gasteiger partial charge in [-0.1, -0.05) is 34.1 Å². The molecule has 5 heteroatoms. The van der Waals surface area contributed by atoms with Crippen LogP contribution in [0.2, 0.25) is 0 Å². The second-order valence-electron chi connectivity index (χ2n) is 4.94. The number of aromatic amines is 1. The Labute approximate surface area is 135 Å². The fraction of sp³-hybridized carbons (Fsp3) is 0. The van der Waals surface area contributed by atoms with Gasteiger partial charge in [-0.2, -0.15) is 5.10 Å². The van der Waals surface area contributed by atoms with Crippen molar-refractivity contribution in [1.82, 2.24) is 20.2 Å². The summed E-state index contributed by atoms with van der Waals surface area (Å²) in [5.41, 5.74) is 5.73.